The molecular weight excluding hydrogens is 204 g/mol. The van der Waals surface area contributed by atoms with Gasteiger partial charge in [-0.05, 0) is 44.2 Å². The Morgan fingerprint density at radius 3 is 2.87 bits per heavy atom. The number of likely N-dealkylation sites (N-methyl/N-ethyl adjacent to an activating group) is 1. The minimum atomic E-state index is 0.177. The molecule has 2 nitrogen and oxygen atoms in total. The third-order valence-corrected chi connectivity index (χ3v) is 4.40. The van der Waals surface area contributed by atoms with Gasteiger partial charge < -0.3 is 10.6 Å². The lowest BCUT2D eigenvalue weighted by Crippen LogP contribution is -2.36. The van der Waals surface area contributed by atoms with E-state index < -0.39 is 0 Å². The quantitative estimate of drug-likeness (QED) is 0.832. The lowest BCUT2D eigenvalue weighted by Gasteiger charge is -2.27. The SMILES string of the molecule is CC(C1CC1)N(C)CC(N)c1cccs1. The highest BCUT2D eigenvalue weighted by Crippen LogP contribution is 2.35. The Balaban J connectivity index is 1.85. The standard InChI is InChI=1S/C12H20N2S/c1-9(10-5-6-10)14(2)8-11(13)12-4-3-7-15-12/h3-4,7,9-11H,5-6,8,13H2,1-2H3. The highest BCUT2D eigenvalue weighted by molar-refractivity contribution is 7.10. The van der Waals surface area contributed by atoms with Crippen LogP contribution in [0.15, 0.2) is 17.5 Å². The molecule has 2 N–H and O–H groups in total. The van der Waals surface area contributed by atoms with E-state index in [2.05, 4.69) is 36.4 Å². The fourth-order valence-electron chi connectivity index (χ4n) is 2.01. The molecule has 0 amide bonds. The molecule has 0 bridgehead atoms. The van der Waals surface area contributed by atoms with E-state index in [0.717, 1.165) is 12.5 Å². The van der Waals surface area contributed by atoms with Crippen molar-refractivity contribution in [3.8, 4) is 0 Å². The van der Waals surface area contributed by atoms with Crippen LogP contribution in [0.25, 0.3) is 0 Å². The first-order chi connectivity index (χ1) is 7.18. The van der Waals surface area contributed by atoms with Crippen molar-refractivity contribution in [2.45, 2.75) is 31.8 Å². The van der Waals surface area contributed by atoms with Gasteiger partial charge in [0.25, 0.3) is 0 Å². The smallest absolute Gasteiger partial charge is 0.0519 e. The van der Waals surface area contributed by atoms with E-state index in [0.29, 0.717) is 6.04 Å². The summed E-state index contributed by atoms with van der Waals surface area (Å²) in [7, 11) is 2.19. The number of thiophene rings is 1. The predicted molar refractivity (Wildman–Crippen MR) is 66.1 cm³/mol. The van der Waals surface area contributed by atoms with Crippen LogP contribution in [0.1, 0.15) is 30.7 Å². The van der Waals surface area contributed by atoms with Crippen LogP contribution in [0.5, 0.6) is 0 Å². The van der Waals surface area contributed by atoms with Gasteiger partial charge in [0.1, 0.15) is 0 Å². The lowest BCUT2D eigenvalue weighted by atomic mass is 10.1. The van der Waals surface area contributed by atoms with Crippen LogP contribution in [-0.4, -0.2) is 24.5 Å². The maximum absolute atomic E-state index is 6.17. The second kappa shape index (κ2) is 4.64. The summed E-state index contributed by atoms with van der Waals surface area (Å²) in [6, 6.07) is 5.07. The fraction of sp³-hybridized carbons (Fsp3) is 0.667. The van der Waals surface area contributed by atoms with E-state index in [1.807, 2.05) is 0 Å². The first-order valence-corrected chi connectivity index (χ1v) is 6.55. The van der Waals surface area contributed by atoms with Crippen LogP contribution in [0.3, 0.4) is 0 Å². The molecule has 0 radical (unpaired) electrons. The first kappa shape index (κ1) is 11.1. The normalized spacial score (nSPS) is 20.5. The third kappa shape index (κ3) is 2.80. The van der Waals surface area contributed by atoms with Gasteiger partial charge in [0, 0.05) is 17.5 Å². The van der Waals surface area contributed by atoms with Crippen LogP contribution in [0.4, 0.5) is 0 Å². The molecule has 1 aliphatic rings. The topological polar surface area (TPSA) is 29.3 Å². The molecule has 1 heterocycles. The zero-order valence-electron chi connectivity index (χ0n) is 9.52. The largest absolute Gasteiger partial charge is 0.322 e. The minimum absolute atomic E-state index is 0.177. The van der Waals surface area contributed by atoms with Gasteiger partial charge in [-0.1, -0.05) is 6.07 Å². The summed E-state index contributed by atoms with van der Waals surface area (Å²) in [5.74, 6) is 0.922. The number of hydrogen-bond donors (Lipinski definition) is 1. The Morgan fingerprint density at radius 2 is 2.33 bits per heavy atom. The summed E-state index contributed by atoms with van der Waals surface area (Å²) < 4.78 is 0. The van der Waals surface area contributed by atoms with Crippen molar-refractivity contribution in [1.82, 2.24) is 4.90 Å². The van der Waals surface area contributed by atoms with Gasteiger partial charge in [-0.25, -0.2) is 0 Å². The number of nitrogens with two attached hydrogens (primary N) is 1. The predicted octanol–water partition coefficient (Wildman–Crippen LogP) is 2.48. The van der Waals surface area contributed by atoms with Gasteiger partial charge in [-0.2, -0.15) is 0 Å². The van der Waals surface area contributed by atoms with Crippen LogP contribution < -0.4 is 5.73 Å². The second-order valence-electron chi connectivity index (χ2n) is 4.64. The molecule has 1 aromatic rings. The molecule has 1 aromatic heterocycles. The Bertz CT molecular complexity index is 293. The van der Waals surface area contributed by atoms with Crippen molar-refractivity contribution in [1.29, 1.82) is 0 Å². The zero-order valence-corrected chi connectivity index (χ0v) is 10.3. The highest BCUT2D eigenvalue weighted by Gasteiger charge is 2.30. The van der Waals surface area contributed by atoms with E-state index in [1.54, 1.807) is 11.3 Å². The van der Waals surface area contributed by atoms with Crippen LogP contribution in [0, 0.1) is 5.92 Å². The molecule has 2 atom stereocenters. The number of hydrogen-bond acceptors (Lipinski definition) is 3. The minimum Gasteiger partial charge on any atom is -0.322 e. The molecule has 1 saturated carbocycles. The van der Waals surface area contributed by atoms with E-state index in [-0.39, 0.29) is 6.04 Å². The molecular formula is C12H20N2S. The Kier molecular flexibility index (Phi) is 3.44. The molecule has 84 valence electrons. The van der Waals surface area contributed by atoms with E-state index in [4.69, 9.17) is 5.73 Å². The van der Waals surface area contributed by atoms with E-state index in [1.165, 1.54) is 17.7 Å². The second-order valence-corrected chi connectivity index (χ2v) is 5.62. The molecule has 0 saturated heterocycles. The Morgan fingerprint density at radius 1 is 1.60 bits per heavy atom. The lowest BCUT2D eigenvalue weighted by molar-refractivity contribution is 0.222. The summed E-state index contributed by atoms with van der Waals surface area (Å²) in [5, 5.41) is 2.10. The van der Waals surface area contributed by atoms with Gasteiger partial charge >= 0.3 is 0 Å². The van der Waals surface area contributed by atoms with E-state index >= 15 is 0 Å². The molecule has 1 fully saturated rings. The van der Waals surface area contributed by atoms with Crippen LogP contribution in [0.2, 0.25) is 0 Å². The molecule has 0 aliphatic heterocycles. The molecule has 3 heteroatoms. The number of rotatable bonds is 5. The summed E-state index contributed by atoms with van der Waals surface area (Å²) >= 11 is 1.76. The summed E-state index contributed by atoms with van der Waals surface area (Å²) in [4.78, 5) is 3.70. The molecule has 2 rings (SSSR count). The molecule has 15 heavy (non-hydrogen) atoms. The Hall–Kier alpha value is -0.380. The molecule has 0 aromatic carbocycles. The van der Waals surface area contributed by atoms with Crippen molar-refractivity contribution in [3.05, 3.63) is 22.4 Å². The van der Waals surface area contributed by atoms with Gasteiger partial charge in [0.2, 0.25) is 0 Å². The Labute approximate surface area is 96.1 Å². The molecule has 0 spiro atoms. The average molecular weight is 224 g/mol. The highest BCUT2D eigenvalue weighted by atomic mass is 32.1. The van der Waals surface area contributed by atoms with Crippen LogP contribution >= 0.6 is 11.3 Å². The van der Waals surface area contributed by atoms with Crippen molar-refractivity contribution in [2.75, 3.05) is 13.6 Å². The third-order valence-electron chi connectivity index (χ3n) is 3.39. The zero-order chi connectivity index (χ0) is 10.8. The summed E-state index contributed by atoms with van der Waals surface area (Å²) in [6.07, 6.45) is 2.81. The van der Waals surface area contributed by atoms with Crippen molar-refractivity contribution in [2.24, 2.45) is 11.7 Å². The fourth-order valence-corrected chi connectivity index (χ4v) is 2.73. The maximum atomic E-state index is 6.17. The van der Waals surface area contributed by atoms with E-state index in [9.17, 15) is 0 Å². The monoisotopic (exact) mass is 224 g/mol. The van der Waals surface area contributed by atoms with Gasteiger partial charge in [0.15, 0.2) is 0 Å². The average Bonchev–Trinajstić information content (AvgIpc) is 2.91. The van der Waals surface area contributed by atoms with Crippen molar-refractivity contribution in [3.63, 3.8) is 0 Å². The van der Waals surface area contributed by atoms with Gasteiger partial charge in [-0.15, -0.1) is 11.3 Å². The number of nitrogens with zero attached hydrogens (tertiary/aromatic N) is 1. The van der Waals surface area contributed by atoms with Crippen molar-refractivity contribution < 1.29 is 0 Å². The summed E-state index contributed by atoms with van der Waals surface area (Å²) in [5.41, 5.74) is 6.17. The van der Waals surface area contributed by atoms with Crippen LogP contribution in [-0.2, 0) is 0 Å². The van der Waals surface area contributed by atoms with Gasteiger partial charge in [-0.3, -0.25) is 0 Å². The first-order valence-electron chi connectivity index (χ1n) is 5.67. The summed E-state index contributed by atoms with van der Waals surface area (Å²) in [6.45, 7) is 3.29. The maximum Gasteiger partial charge on any atom is 0.0519 e. The van der Waals surface area contributed by atoms with Gasteiger partial charge in [0.05, 0.1) is 6.04 Å². The molecule has 2 unspecified atom stereocenters. The molecule has 1 aliphatic carbocycles. The van der Waals surface area contributed by atoms with Crippen molar-refractivity contribution >= 4 is 11.3 Å².